The van der Waals surface area contributed by atoms with Gasteiger partial charge in [-0.05, 0) is 51.0 Å². The van der Waals surface area contributed by atoms with Gasteiger partial charge in [-0.2, -0.15) is 0 Å². The zero-order valence-corrected chi connectivity index (χ0v) is 13.8. The summed E-state index contributed by atoms with van der Waals surface area (Å²) < 4.78 is 2.09. The van der Waals surface area contributed by atoms with Crippen molar-refractivity contribution in [3.63, 3.8) is 0 Å². The smallest absolute Gasteiger partial charge is 0.347 e. The number of carbonyl (C=O) groups is 1. The summed E-state index contributed by atoms with van der Waals surface area (Å²) in [6, 6.07) is 4.22. The summed E-state index contributed by atoms with van der Waals surface area (Å²) in [5.41, 5.74) is 5.03. The van der Waals surface area contributed by atoms with Gasteiger partial charge in [-0.25, -0.2) is 14.8 Å². The van der Waals surface area contributed by atoms with Crippen molar-refractivity contribution in [2.24, 2.45) is 0 Å². The van der Waals surface area contributed by atoms with Crippen molar-refractivity contribution in [2.75, 3.05) is 0 Å². The molecule has 0 fully saturated rings. The Labute approximate surface area is 132 Å². The SMILES string of the molecule is Cc1cc2nc(C)n(Cc3nc(C)c(C(=O)O)s3)c2cc1C. The van der Waals surface area contributed by atoms with Gasteiger partial charge in [0.1, 0.15) is 15.7 Å². The molecule has 0 atom stereocenters. The summed E-state index contributed by atoms with van der Waals surface area (Å²) in [4.78, 5) is 20.4. The van der Waals surface area contributed by atoms with Crippen LogP contribution in [0.5, 0.6) is 0 Å². The van der Waals surface area contributed by atoms with E-state index in [-0.39, 0.29) is 0 Å². The number of carboxylic acids is 1. The Morgan fingerprint density at radius 1 is 1.18 bits per heavy atom. The van der Waals surface area contributed by atoms with Gasteiger partial charge in [-0.3, -0.25) is 0 Å². The maximum absolute atomic E-state index is 11.2. The molecule has 2 heterocycles. The van der Waals surface area contributed by atoms with Crippen LogP contribution >= 0.6 is 11.3 Å². The van der Waals surface area contributed by atoms with E-state index in [4.69, 9.17) is 5.11 Å². The number of rotatable bonds is 3. The van der Waals surface area contributed by atoms with Gasteiger partial charge in [0, 0.05) is 0 Å². The van der Waals surface area contributed by atoms with Crippen molar-refractivity contribution in [3.05, 3.63) is 44.7 Å². The number of aryl methyl sites for hydroxylation is 4. The number of hydrogen-bond donors (Lipinski definition) is 1. The number of benzene rings is 1. The number of imidazole rings is 1. The normalized spacial score (nSPS) is 11.3. The molecule has 3 aromatic rings. The molecule has 0 bridgehead atoms. The number of aromatic nitrogens is 3. The molecule has 22 heavy (non-hydrogen) atoms. The van der Waals surface area contributed by atoms with E-state index in [9.17, 15) is 4.79 Å². The number of thiazole rings is 1. The second-order valence-electron chi connectivity index (χ2n) is 5.50. The fourth-order valence-electron chi connectivity index (χ4n) is 2.55. The van der Waals surface area contributed by atoms with Crippen LogP contribution in [0.2, 0.25) is 0 Å². The molecule has 0 unspecified atom stereocenters. The van der Waals surface area contributed by atoms with Crippen LogP contribution in [0.25, 0.3) is 11.0 Å². The Bertz CT molecular complexity index is 893. The standard InChI is InChI=1S/C16H17N3O2S/c1-8-5-12-13(6-9(8)2)19(11(4)18-12)7-14-17-10(3)15(22-14)16(20)21/h5-6H,7H2,1-4H3,(H,20,21). The first-order chi connectivity index (χ1) is 10.4. The third-order valence-corrected chi connectivity index (χ3v) is 5.01. The molecule has 1 N–H and O–H groups in total. The van der Waals surface area contributed by atoms with Gasteiger partial charge in [0.25, 0.3) is 0 Å². The van der Waals surface area contributed by atoms with E-state index >= 15 is 0 Å². The molecule has 2 aromatic heterocycles. The maximum Gasteiger partial charge on any atom is 0.347 e. The molecular formula is C16H17N3O2S. The van der Waals surface area contributed by atoms with Crippen LogP contribution in [-0.2, 0) is 6.54 Å². The molecular weight excluding hydrogens is 298 g/mol. The Kier molecular flexibility index (Phi) is 3.48. The minimum atomic E-state index is -0.917. The van der Waals surface area contributed by atoms with Crippen LogP contribution in [0, 0.1) is 27.7 Å². The van der Waals surface area contributed by atoms with Gasteiger partial charge >= 0.3 is 5.97 Å². The third-order valence-electron chi connectivity index (χ3n) is 3.88. The zero-order chi connectivity index (χ0) is 16.0. The number of carboxylic acid groups (broad SMARTS) is 1. The molecule has 6 heteroatoms. The summed E-state index contributed by atoms with van der Waals surface area (Å²) in [5, 5.41) is 9.94. The monoisotopic (exact) mass is 315 g/mol. The topological polar surface area (TPSA) is 68.0 Å². The lowest BCUT2D eigenvalue weighted by Gasteiger charge is -2.06. The number of nitrogens with zero attached hydrogens (tertiary/aromatic N) is 3. The number of aromatic carboxylic acids is 1. The fraction of sp³-hybridized carbons (Fsp3) is 0.312. The van der Waals surface area contributed by atoms with E-state index < -0.39 is 5.97 Å². The lowest BCUT2D eigenvalue weighted by Crippen LogP contribution is -2.02. The van der Waals surface area contributed by atoms with Crippen LogP contribution < -0.4 is 0 Å². The van der Waals surface area contributed by atoms with E-state index in [1.165, 1.54) is 22.5 Å². The highest BCUT2D eigenvalue weighted by atomic mass is 32.1. The Balaban J connectivity index is 2.07. The molecule has 0 saturated heterocycles. The highest BCUT2D eigenvalue weighted by molar-refractivity contribution is 7.13. The van der Waals surface area contributed by atoms with E-state index in [1.54, 1.807) is 6.92 Å². The number of hydrogen-bond acceptors (Lipinski definition) is 4. The van der Waals surface area contributed by atoms with Gasteiger partial charge in [-0.1, -0.05) is 0 Å². The summed E-state index contributed by atoms with van der Waals surface area (Å²) in [6.07, 6.45) is 0. The van der Waals surface area contributed by atoms with Crippen molar-refractivity contribution < 1.29 is 9.90 Å². The summed E-state index contributed by atoms with van der Waals surface area (Å²) >= 11 is 1.23. The van der Waals surface area contributed by atoms with Gasteiger partial charge in [0.05, 0.1) is 23.3 Å². The third kappa shape index (κ3) is 2.39. The molecule has 3 rings (SSSR count). The van der Waals surface area contributed by atoms with E-state index in [0.29, 0.717) is 17.1 Å². The van der Waals surface area contributed by atoms with Gasteiger partial charge < -0.3 is 9.67 Å². The quantitative estimate of drug-likeness (QED) is 0.803. The van der Waals surface area contributed by atoms with Crippen LogP contribution in [0.1, 0.15) is 37.3 Å². The van der Waals surface area contributed by atoms with Crippen molar-refractivity contribution in [3.8, 4) is 0 Å². The first-order valence-electron chi connectivity index (χ1n) is 7.00. The first kappa shape index (κ1) is 14.7. The highest BCUT2D eigenvalue weighted by Crippen LogP contribution is 2.24. The molecule has 5 nitrogen and oxygen atoms in total. The van der Waals surface area contributed by atoms with E-state index in [1.807, 2.05) is 6.92 Å². The molecule has 114 valence electrons. The van der Waals surface area contributed by atoms with Crippen LogP contribution in [0.4, 0.5) is 0 Å². The first-order valence-corrected chi connectivity index (χ1v) is 7.82. The van der Waals surface area contributed by atoms with Crippen LogP contribution in [0.15, 0.2) is 12.1 Å². The molecule has 0 aliphatic rings. The zero-order valence-electron chi connectivity index (χ0n) is 13.0. The van der Waals surface area contributed by atoms with Crippen molar-refractivity contribution in [1.29, 1.82) is 0 Å². The minimum Gasteiger partial charge on any atom is -0.477 e. The lowest BCUT2D eigenvalue weighted by molar-refractivity contribution is 0.0701. The van der Waals surface area contributed by atoms with Gasteiger partial charge in [-0.15, -0.1) is 11.3 Å². The summed E-state index contributed by atoms with van der Waals surface area (Å²) in [5.74, 6) is -0.00958. The van der Waals surface area contributed by atoms with Crippen molar-refractivity contribution in [1.82, 2.24) is 14.5 Å². The molecule has 1 aromatic carbocycles. The largest absolute Gasteiger partial charge is 0.477 e. The predicted molar refractivity (Wildman–Crippen MR) is 86.9 cm³/mol. The van der Waals surface area contributed by atoms with Crippen molar-refractivity contribution in [2.45, 2.75) is 34.2 Å². The maximum atomic E-state index is 11.2. The number of fused-ring (bicyclic) bond motifs is 1. The van der Waals surface area contributed by atoms with Crippen molar-refractivity contribution >= 4 is 28.3 Å². The molecule has 0 amide bonds. The Morgan fingerprint density at radius 3 is 2.50 bits per heavy atom. The van der Waals surface area contributed by atoms with Crippen LogP contribution in [-0.4, -0.2) is 25.6 Å². The van der Waals surface area contributed by atoms with Crippen LogP contribution in [0.3, 0.4) is 0 Å². The minimum absolute atomic E-state index is 0.309. The highest BCUT2D eigenvalue weighted by Gasteiger charge is 2.16. The Morgan fingerprint density at radius 2 is 1.86 bits per heavy atom. The molecule has 0 aliphatic carbocycles. The Hall–Kier alpha value is -2.21. The summed E-state index contributed by atoms with van der Waals surface area (Å²) in [6.45, 7) is 8.40. The summed E-state index contributed by atoms with van der Waals surface area (Å²) in [7, 11) is 0. The van der Waals surface area contributed by atoms with Gasteiger partial charge in [0.15, 0.2) is 0 Å². The average Bonchev–Trinajstić information content (AvgIpc) is 2.93. The van der Waals surface area contributed by atoms with E-state index in [0.717, 1.165) is 21.9 Å². The van der Waals surface area contributed by atoms with Gasteiger partial charge in [0.2, 0.25) is 0 Å². The molecule has 0 aliphatic heterocycles. The average molecular weight is 315 g/mol. The second-order valence-corrected chi connectivity index (χ2v) is 6.58. The molecule has 0 saturated carbocycles. The molecule has 0 radical (unpaired) electrons. The molecule has 0 spiro atoms. The lowest BCUT2D eigenvalue weighted by atomic mass is 10.1. The van der Waals surface area contributed by atoms with E-state index in [2.05, 4.69) is 40.5 Å². The predicted octanol–water partition coefficient (Wildman–Crippen LogP) is 3.47. The fourth-order valence-corrected chi connectivity index (χ4v) is 3.45. The second kappa shape index (κ2) is 5.21.